The molecule has 94 valence electrons. The summed E-state index contributed by atoms with van der Waals surface area (Å²) in [6.07, 6.45) is 3.06. The molecule has 0 spiro atoms. The van der Waals surface area contributed by atoms with E-state index >= 15 is 0 Å². The Bertz CT molecular complexity index is 231. The van der Waals surface area contributed by atoms with E-state index in [1.165, 1.54) is 4.90 Å². The normalized spacial score (nSPS) is 11.9. The van der Waals surface area contributed by atoms with Crippen LogP contribution in [0, 0.1) is 0 Å². The van der Waals surface area contributed by atoms with Crippen LogP contribution in [-0.2, 0) is 4.79 Å². The van der Waals surface area contributed by atoms with Crippen molar-refractivity contribution in [3.05, 3.63) is 0 Å². The minimum absolute atomic E-state index is 0.314. The highest BCUT2D eigenvalue weighted by Crippen LogP contribution is 2.01. The molecule has 0 saturated heterocycles. The number of hydrogen-bond acceptors (Lipinski definition) is 2. The van der Waals surface area contributed by atoms with Crippen LogP contribution in [0.25, 0.3) is 0 Å². The van der Waals surface area contributed by atoms with Crippen LogP contribution in [0.15, 0.2) is 0 Å². The lowest BCUT2D eigenvalue weighted by Gasteiger charge is -2.20. The Labute approximate surface area is 96.8 Å². The van der Waals surface area contributed by atoms with Gasteiger partial charge in [0.2, 0.25) is 0 Å². The molecule has 5 heteroatoms. The summed E-state index contributed by atoms with van der Waals surface area (Å²) in [6.45, 7) is 4.59. The fourth-order valence-corrected chi connectivity index (χ4v) is 1.36. The zero-order valence-electron chi connectivity index (χ0n) is 10.3. The van der Waals surface area contributed by atoms with E-state index in [-0.39, 0.29) is 6.03 Å². The minimum atomic E-state index is -0.966. The summed E-state index contributed by atoms with van der Waals surface area (Å²) in [7, 11) is 1.66. The molecule has 0 aromatic rings. The number of hydrogen-bond donors (Lipinski definition) is 2. The maximum atomic E-state index is 11.6. The highest BCUT2D eigenvalue weighted by atomic mass is 16.4. The number of amides is 2. The van der Waals surface area contributed by atoms with E-state index in [4.69, 9.17) is 5.11 Å². The summed E-state index contributed by atoms with van der Waals surface area (Å²) in [5, 5.41) is 11.5. The second-order valence-electron chi connectivity index (χ2n) is 3.90. The quantitative estimate of drug-likeness (QED) is 0.699. The summed E-state index contributed by atoms with van der Waals surface area (Å²) >= 11 is 0. The smallest absolute Gasteiger partial charge is 0.326 e. The minimum Gasteiger partial charge on any atom is -0.480 e. The number of unbranched alkanes of at least 4 members (excludes halogenated alkanes) is 1. The van der Waals surface area contributed by atoms with Crippen LogP contribution in [0.2, 0.25) is 0 Å². The molecule has 1 atom stereocenters. The largest absolute Gasteiger partial charge is 0.480 e. The maximum absolute atomic E-state index is 11.6. The van der Waals surface area contributed by atoms with Crippen molar-refractivity contribution in [3.8, 4) is 0 Å². The van der Waals surface area contributed by atoms with Gasteiger partial charge in [-0.2, -0.15) is 0 Å². The number of nitrogens with zero attached hydrogens (tertiary/aromatic N) is 1. The van der Waals surface area contributed by atoms with Gasteiger partial charge in [0.05, 0.1) is 0 Å². The molecule has 5 nitrogen and oxygen atoms in total. The van der Waals surface area contributed by atoms with Gasteiger partial charge >= 0.3 is 12.0 Å². The molecule has 0 rings (SSSR count). The highest BCUT2D eigenvalue weighted by molar-refractivity contribution is 5.82. The lowest BCUT2D eigenvalue weighted by Crippen LogP contribution is -2.46. The molecular weight excluding hydrogens is 208 g/mol. The van der Waals surface area contributed by atoms with E-state index in [1.54, 1.807) is 7.05 Å². The summed E-state index contributed by atoms with van der Waals surface area (Å²) in [5.74, 6) is -0.966. The van der Waals surface area contributed by atoms with Gasteiger partial charge in [-0.15, -0.1) is 0 Å². The van der Waals surface area contributed by atoms with Gasteiger partial charge in [0.15, 0.2) is 0 Å². The molecule has 16 heavy (non-hydrogen) atoms. The van der Waals surface area contributed by atoms with Gasteiger partial charge in [0.25, 0.3) is 0 Å². The van der Waals surface area contributed by atoms with Crippen molar-refractivity contribution in [1.82, 2.24) is 10.2 Å². The molecule has 1 unspecified atom stereocenters. The van der Waals surface area contributed by atoms with Crippen molar-refractivity contribution < 1.29 is 14.7 Å². The highest BCUT2D eigenvalue weighted by Gasteiger charge is 2.20. The lowest BCUT2D eigenvalue weighted by atomic mass is 10.1. The van der Waals surface area contributed by atoms with E-state index in [9.17, 15) is 9.59 Å². The van der Waals surface area contributed by atoms with Gasteiger partial charge in [0, 0.05) is 13.6 Å². The van der Waals surface area contributed by atoms with Crippen molar-refractivity contribution in [2.24, 2.45) is 0 Å². The number of carboxylic acid groups (broad SMARTS) is 1. The number of nitrogens with one attached hydrogen (secondary N) is 1. The fourth-order valence-electron chi connectivity index (χ4n) is 1.36. The van der Waals surface area contributed by atoms with Gasteiger partial charge < -0.3 is 15.3 Å². The predicted octanol–water partition coefficient (Wildman–Crippen LogP) is 1.68. The van der Waals surface area contributed by atoms with Crippen LogP contribution in [0.1, 0.15) is 39.5 Å². The van der Waals surface area contributed by atoms with Crippen LogP contribution in [-0.4, -0.2) is 41.6 Å². The number of carbonyl (C=O) groups excluding carboxylic acids is 1. The molecule has 0 aliphatic carbocycles. The first-order chi connectivity index (χ1) is 7.52. The van der Waals surface area contributed by atoms with Crippen molar-refractivity contribution in [2.75, 3.05) is 13.6 Å². The first-order valence-electron chi connectivity index (χ1n) is 5.77. The average molecular weight is 230 g/mol. The first-order valence-corrected chi connectivity index (χ1v) is 5.77. The van der Waals surface area contributed by atoms with Crippen LogP contribution in [0.5, 0.6) is 0 Å². The van der Waals surface area contributed by atoms with Gasteiger partial charge in [0.1, 0.15) is 6.04 Å². The Hall–Kier alpha value is -1.26. The van der Waals surface area contributed by atoms with E-state index in [0.717, 1.165) is 19.3 Å². The third-order valence-electron chi connectivity index (χ3n) is 2.35. The molecule has 0 aromatic carbocycles. The Morgan fingerprint density at radius 2 is 1.94 bits per heavy atom. The van der Waals surface area contributed by atoms with Gasteiger partial charge in [-0.25, -0.2) is 9.59 Å². The molecule has 2 amide bonds. The molecular formula is C11H22N2O3. The van der Waals surface area contributed by atoms with Crippen LogP contribution < -0.4 is 5.32 Å². The van der Waals surface area contributed by atoms with Crippen LogP contribution in [0.3, 0.4) is 0 Å². The lowest BCUT2D eigenvalue weighted by molar-refractivity contribution is -0.139. The fraction of sp³-hybridized carbons (Fsp3) is 0.818. The Kier molecular flexibility index (Phi) is 7.33. The number of urea groups is 1. The van der Waals surface area contributed by atoms with Gasteiger partial charge in [-0.3, -0.25) is 0 Å². The molecule has 0 bridgehead atoms. The maximum Gasteiger partial charge on any atom is 0.326 e. The Balaban J connectivity index is 4.17. The second-order valence-corrected chi connectivity index (χ2v) is 3.90. The zero-order valence-corrected chi connectivity index (χ0v) is 10.3. The number of rotatable bonds is 7. The van der Waals surface area contributed by atoms with Crippen LogP contribution >= 0.6 is 0 Å². The SMILES string of the molecule is CCCCC(NC(=O)N(C)CCC)C(=O)O. The molecule has 0 heterocycles. The average Bonchev–Trinajstić information content (AvgIpc) is 2.23. The molecule has 0 aromatic heterocycles. The Morgan fingerprint density at radius 3 is 2.38 bits per heavy atom. The molecule has 0 aliphatic heterocycles. The van der Waals surface area contributed by atoms with Crippen molar-refractivity contribution in [3.63, 3.8) is 0 Å². The van der Waals surface area contributed by atoms with E-state index < -0.39 is 12.0 Å². The van der Waals surface area contributed by atoms with E-state index in [0.29, 0.717) is 13.0 Å². The number of carboxylic acids is 1. The third-order valence-corrected chi connectivity index (χ3v) is 2.35. The standard InChI is InChI=1S/C11H22N2O3/c1-4-6-7-9(10(14)15)12-11(16)13(3)8-5-2/h9H,4-8H2,1-3H3,(H,12,16)(H,14,15). The number of carbonyl (C=O) groups is 2. The topological polar surface area (TPSA) is 69.6 Å². The molecule has 0 aliphatic rings. The first kappa shape index (κ1) is 14.7. The molecule has 2 N–H and O–H groups in total. The Morgan fingerprint density at radius 1 is 1.31 bits per heavy atom. The van der Waals surface area contributed by atoms with E-state index in [1.807, 2.05) is 13.8 Å². The molecule has 0 radical (unpaired) electrons. The summed E-state index contributed by atoms with van der Waals surface area (Å²) in [6, 6.07) is -1.09. The zero-order chi connectivity index (χ0) is 12.6. The molecule has 0 saturated carbocycles. The van der Waals surface area contributed by atoms with Crippen molar-refractivity contribution in [1.29, 1.82) is 0 Å². The summed E-state index contributed by atoms with van der Waals surface area (Å²) in [5.41, 5.74) is 0. The van der Waals surface area contributed by atoms with Crippen LogP contribution in [0.4, 0.5) is 4.79 Å². The predicted molar refractivity (Wildman–Crippen MR) is 62.4 cm³/mol. The number of aliphatic carboxylic acids is 1. The second kappa shape index (κ2) is 7.96. The van der Waals surface area contributed by atoms with E-state index in [2.05, 4.69) is 5.32 Å². The summed E-state index contributed by atoms with van der Waals surface area (Å²) < 4.78 is 0. The molecule has 0 fully saturated rings. The van der Waals surface area contributed by atoms with Crippen molar-refractivity contribution in [2.45, 2.75) is 45.6 Å². The summed E-state index contributed by atoms with van der Waals surface area (Å²) in [4.78, 5) is 24.0. The third kappa shape index (κ3) is 5.58. The van der Waals surface area contributed by atoms with Gasteiger partial charge in [-0.1, -0.05) is 26.7 Å². The van der Waals surface area contributed by atoms with Crippen molar-refractivity contribution >= 4 is 12.0 Å². The van der Waals surface area contributed by atoms with Gasteiger partial charge in [-0.05, 0) is 12.8 Å². The monoisotopic (exact) mass is 230 g/mol.